The first-order valence-electron chi connectivity index (χ1n) is 9.02. The van der Waals surface area contributed by atoms with Crippen LogP contribution >= 0.6 is 23.4 Å². The maximum Gasteiger partial charge on any atom is 0.405 e. The van der Waals surface area contributed by atoms with Crippen molar-refractivity contribution in [1.29, 1.82) is 0 Å². The number of aromatic nitrogens is 4. The SMILES string of the molecule is CC1(NC(=O)O)CCN(c2ncc(Sc3ccnc(N)c3Cl)c3cn[nH]c23)CC1. The number of halogens is 1. The van der Waals surface area contributed by atoms with Gasteiger partial charge in [0.1, 0.15) is 11.3 Å². The van der Waals surface area contributed by atoms with E-state index in [4.69, 9.17) is 22.4 Å². The van der Waals surface area contributed by atoms with Crippen LogP contribution in [-0.2, 0) is 0 Å². The molecule has 0 bridgehead atoms. The summed E-state index contributed by atoms with van der Waals surface area (Å²) >= 11 is 7.73. The fourth-order valence-electron chi connectivity index (χ4n) is 3.45. The van der Waals surface area contributed by atoms with Gasteiger partial charge in [-0.3, -0.25) is 5.10 Å². The van der Waals surface area contributed by atoms with Crippen LogP contribution in [0.15, 0.2) is 34.4 Å². The van der Waals surface area contributed by atoms with E-state index in [-0.39, 0.29) is 5.82 Å². The van der Waals surface area contributed by atoms with Gasteiger partial charge in [-0.05, 0) is 25.8 Å². The molecule has 0 radical (unpaired) electrons. The van der Waals surface area contributed by atoms with Gasteiger partial charge in [-0.1, -0.05) is 23.4 Å². The van der Waals surface area contributed by atoms with Crippen LogP contribution in [0.3, 0.4) is 0 Å². The molecule has 152 valence electrons. The van der Waals surface area contributed by atoms with Crippen LogP contribution in [0.5, 0.6) is 0 Å². The second-order valence-corrected chi connectivity index (χ2v) is 8.65. The average molecular weight is 434 g/mol. The molecule has 1 aliphatic heterocycles. The number of nitrogens with two attached hydrogens (primary N) is 1. The Morgan fingerprint density at radius 1 is 1.34 bits per heavy atom. The van der Waals surface area contributed by atoms with Crippen molar-refractivity contribution in [3.63, 3.8) is 0 Å². The van der Waals surface area contributed by atoms with Gasteiger partial charge in [0.15, 0.2) is 5.82 Å². The summed E-state index contributed by atoms with van der Waals surface area (Å²) < 4.78 is 0. The quantitative estimate of drug-likeness (QED) is 0.492. The van der Waals surface area contributed by atoms with Crippen molar-refractivity contribution >= 4 is 52.0 Å². The summed E-state index contributed by atoms with van der Waals surface area (Å²) in [7, 11) is 0. The smallest absolute Gasteiger partial charge is 0.405 e. The van der Waals surface area contributed by atoms with Crippen LogP contribution in [0, 0.1) is 0 Å². The Hall–Kier alpha value is -2.72. The number of hydrogen-bond donors (Lipinski definition) is 4. The topological polar surface area (TPSA) is 133 Å². The molecule has 9 nitrogen and oxygen atoms in total. The van der Waals surface area contributed by atoms with E-state index in [0.29, 0.717) is 31.0 Å². The maximum absolute atomic E-state index is 11.0. The number of nitrogen functional groups attached to an aromatic ring is 1. The van der Waals surface area contributed by atoms with Crippen molar-refractivity contribution in [3.8, 4) is 0 Å². The number of carboxylic acid groups (broad SMARTS) is 1. The molecule has 4 rings (SSSR count). The van der Waals surface area contributed by atoms with Gasteiger partial charge in [0.05, 0.1) is 11.2 Å². The molecule has 0 aromatic carbocycles. The Kier molecular flexibility index (Phi) is 5.13. The highest BCUT2D eigenvalue weighted by molar-refractivity contribution is 7.99. The molecule has 0 unspecified atom stereocenters. The number of fused-ring (bicyclic) bond motifs is 1. The monoisotopic (exact) mass is 433 g/mol. The van der Waals surface area contributed by atoms with Gasteiger partial charge in [-0.25, -0.2) is 14.8 Å². The molecule has 0 atom stereocenters. The first-order valence-corrected chi connectivity index (χ1v) is 10.2. The lowest BCUT2D eigenvalue weighted by Gasteiger charge is -2.39. The minimum absolute atomic E-state index is 0.288. The number of nitrogens with zero attached hydrogens (tertiary/aromatic N) is 4. The van der Waals surface area contributed by atoms with Crippen LogP contribution in [-0.4, -0.2) is 50.0 Å². The van der Waals surface area contributed by atoms with Gasteiger partial charge < -0.3 is 21.1 Å². The van der Waals surface area contributed by atoms with Crippen molar-refractivity contribution < 1.29 is 9.90 Å². The lowest BCUT2D eigenvalue weighted by atomic mass is 9.90. The van der Waals surface area contributed by atoms with E-state index in [1.165, 1.54) is 11.8 Å². The molecule has 4 heterocycles. The zero-order valence-electron chi connectivity index (χ0n) is 15.6. The van der Waals surface area contributed by atoms with E-state index in [0.717, 1.165) is 26.5 Å². The third-order valence-electron chi connectivity index (χ3n) is 5.11. The van der Waals surface area contributed by atoms with E-state index in [2.05, 4.69) is 30.4 Å². The van der Waals surface area contributed by atoms with E-state index in [1.54, 1.807) is 18.6 Å². The molecule has 1 amide bonds. The number of piperidine rings is 1. The van der Waals surface area contributed by atoms with E-state index in [1.807, 2.05) is 13.0 Å². The number of pyridine rings is 2. The zero-order chi connectivity index (χ0) is 20.6. The van der Waals surface area contributed by atoms with Crippen LogP contribution < -0.4 is 16.0 Å². The molecule has 0 aliphatic carbocycles. The molecule has 3 aromatic heterocycles. The number of aromatic amines is 1. The highest BCUT2D eigenvalue weighted by Crippen LogP contribution is 2.40. The minimum Gasteiger partial charge on any atom is -0.465 e. The molecule has 1 saturated heterocycles. The number of nitrogens with one attached hydrogen (secondary N) is 2. The second kappa shape index (κ2) is 7.60. The van der Waals surface area contributed by atoms with Crippen molar-refractivity contribution in [2.75, 3.05) is 23.7 Å². The van der Waals surface area contributed by atoms with Gasteiger partial charge in [0, 0.05) is 46.2 Å². The van der Waals surface area contributed by atoms with Crippen LogP contribution in [0.2, 0.25) is 5.02 Å². The summed E-state index contributed by atoms with van der Waals surface area (Å²) in [6, 6.07) is 1.81. The number of hydrogen-bond acceptors (Lipinski definition) is 7. The number of H-pyrrole nitrogens is 1. The van der Waals surface area contributed by atoms with Crippen LogP contribution in [0.25, 0.3) is 10.9 Å². The largest absolute Gasteiger partial charge is 0.465 e. The summed E-state index contributed by atoms with van der Waals surface area (Å²) in [5.74, 6) is 1.09. The second-order valence-electron chi connectivity index (χ2n) is 7.19. The van der Waals surface area contributed by atoms with Gasteiger partial charge in [0.2, 0.25) is 0 Å². The number of anilines is 2. The first-order chi connectivity index (χ1) is 13.9. The van der Waals surface area contributed by atoms with Gasteiger partial charge in [0.25, 0.3) is 0 Å². The molecule has 11 heteroatoms. The molecule has 0 saturated carbocycles. The maximum atomic E-state index is 11.0. The van der Waals surface area contributed by atoms with Crippen LogP contribution in [0.1, 0.15) is 19.8 Å². The average Bonchev–Trinajstić information content (AvgIpc) is 3.16. The Morgan fingerprint density at radius 2 is 2.10 bits per heavy atom. The van der Waals surface area contributed by atoms with Crippen LogP contribution in [0.4, 0.5) is 16.4 Å². The fourth-order valence-corrected chi connectivity index (χ4v) is 4.61. The van der Waals surface area contributed by atoms with Gasteiger partial charge in [-0.15, -0.1) is 0 Å². The molecular weight excluding hydrogens is 414 g/mol. The first kappa shape index (κ1) is 19.6. The van der Waals surface area contributed by atoms with Crippen molar-refractivity contribution in [3.05, 3.63) is 29.7 Å². The Morgan fingerprint density at radius 3 is 2.83 bits per heavy atom. The molecule has 3 aromatic rings. The van der Waals surface area contributed by atoms with Gasteiger partial charge in [-0.2, -0.15) is 5.10 Å². The number of amides is 1. The van der Waals surface area contributed by atoms with E-state index >= 15 is 0 Å². The normalized spacial score (nSPS) is 16.1. The Balaban J connectivity index is 1.59. The molecule has 1 aliphatic rings. The van der Waals surface area contributed by atoms with Gasteiger partial charge >= 0.3 is 6.09 Å². The van der Waals surface area contributed by atoms with E-state index < -0.39 is 11.6 Å². The summed E-state index contributed by atoms with van der Waals surface area (Å²) in [4.78, 5) is 23.5. The fraction of sp³-hybridized carbons (Fsp3) is 0.333. The summed E-state index contributed by atoms with van der Waals surface area (Å²) in [5, 5.41) is 20.3. The predicted molar refractivity (Wildman–Crippen MR) is 113 cm³/mol. The van der Waals surface area contributed by atoms with Crippen molar-refractivity contribution in [2.24, 2.45) is 0 Å². The zero-order valence-corrected chi connectivity index (χ0v) is 17.2. The standard InChI is InChI=1S/C18H20ClN7O2S/c1-18(24-17(27)28)3-6-26(7-4-18)16-14-10(8-23-25-14)12(9-22-16)29-11-2-5-21-15(20)13(11)19/h2,5,8-9,24H,3-4,6-7H2,1H3,(H2,20,21)(H,23,25)(H,27,28). The summed E-state index contributed by atoms with van der Waals surface area (Å²) in [6.45, 7) is 3.32. The molecular formula is C18H20ClN7O2S. The molecule has 0 spiro atoms. The van der Waals surface area contributed by atoms with Crippen molar-refractivity contribution in [1.82, 2.24) is 25.5 Å². The lowest BCUT2D eigenvalue weighted by Crippen LogP contribution is -2.53. The third-order valence-corrected chi connectivity index (χ3v) is 6.72. The molecule has 5 N–H and O–H groups in total. The highest BCUT2D eigenvalue weighted by atomic mass is 35.5. The minimum atomic E-state index is -0.994. The number of rotatable bonds is 4. The summed E-state index contributed by atoms with van der Waals surface area (Å²) in [5.41, 5.74) is 6.21. The Labute approximate surface area is 176 Å². The Bertz CT molecular complexity index is 1070. The lowest BCUT2D eigenvalue weighted by molar-refractivity contribution is 0.173. The van der Waals surface area contributed by atoms with E-state index in [9.17, 15) is 4.79 Å². The molecule has 1 fully saturated rings. The summed E-state index contributed by atoms with van der Waals surface area (Å²) in [6.07, 6.45) is 5.58. The predicted octanol–water partition coefficient (Wildman–Crippen LogP) is 3.37. The third kappa shape index (κ3) is 3.90. The highest BCUT2D eigenvalue weighted by Gasteiger charge is 2.32. The number of carbonyl (C=O) groups is 1. The van der Waals surface area contributed by atoms with Crippen molar-refractivity contribution in [2.45, 2.75) is 35.1 Å². The molecule has 29 heavy (non-hydrogen) atoms.